The van der Waals surface area contributed by atoms with Gasteiger partial charge in [-0.25, -0.2) is 10.8 Å². The van der Waals surface area contributed by atoms with Gasteiger partial charge in [0.25, 0.3) is 0 Å². The number of hydrogen-bond donors (Lipinski definition) is 2. The Kier molecular flexibility index (Phi) is 3.19. The summed E-state index contributed by atoms with van der Waals surface area (Å²) in [5.74, 6) is 6.41. The third-order valence-electron chi connectivity index (χ3n) is 4.18. The number of hydrogen-bond acceptors (Lipinski definition) is 5. The summed E-state index contributed by atoms with van der Waals surface area (Å²) in [4.78, 5) is 9.33. The summed E-state index contributed by atoms with van der Waals surface area (Å²) in [6.07, 6.45) is -0.976. The topological polar surface area (TPSA) is 67.1 Å². The molecule has 2 atom stereocenters. The van der Waals surface area contributed by atoms with E-state index < -0.39 is 11.9 Å². The van der Waals surface area contributed by atoms with Gasteiger partial charge in [-0.1, -0.05) is 6.42 Å². The summed E-state index contributed by atoms with van der Waals surface area (Å²) in [5, 5.41) is 0. The molecule has 0 radical (unpaired) electrons. The fourth-order valence-electron chi connectivity index (χ4n) is 3.23. The highest BCUT2D eigenvalue weighted by Crippen LogP contribution is 2.40. The van der Waals surface area contributed by atoms with Crippen LogP contribution in [-0.2, 0) is 6.18 Å². The van der Waals surface area contributed by atoms with E-state index in [0.29, 0.717) is 17.7 Å². The van der Waals surface area contributed by atoms with Crippen LogP contribution in [0.15, 0.2) is 6.07 Å². The predicted octanol–water partition coefficient (Wildman–Crippen LogP) is 2.02. The Morgan fingerprint density at radius 1 is 1.20 bits per heavy atom. The highest BCUT2D eigenvalue weighted by molar-refractivity contribution is 5.46. The second kappa shape index (κ2) is 4.76. The van der Waals surface area contributed by atoms with Crippen molar-refractivity contribution < 1.29 is 13.2 Å². The summed E-state index contributed by atoms with van der Waals surface area (Å²) < 4.78 is 38.5. The van der Waals surface area contributed by atoms with Crippen molar-refractivity contribution in [3.05, 3.63) is 11.8 Å². The molecule has 0 spiro atoms. The minimum absolute atomic E-state index is 0.202. The van der Waals surface area contributed by atoms with Crippen molar-refractivity contribution in [2.24, 2.45) is 17.7 Å². The summed E-state index contributed by atoms with van der Waals surface area (Å²) in [6.45, 7) is 1.53. The van der Waals surface area contributed by atoms with E-state index in [-0.39, 0.29) is 5.95 Å². The lowest BCUT2D eigenvalue weighted by atomic mass is 10.0. The van der Waals surface area contributed by atoms with Crippen LogP contribution in [0.2, 0.25) is 0 Å². The fraction of sp³-hybridized carbons (Fsp3) is 0.667. The third kappa shape index (κ3) is 2.39. The van der Waals surface area contributed by atoms with E-state index in [0.717, 1.165) is 32.0 Å². The van der Waals surface area contributed by atoms with Crippen molar-refractivity contribution in [3.63, 3.8) is 0 Å². The first-order valence-electron chi connectivity index (χ1n) is 6.65. The normalized spacial score (nSPS) is 25.9. The summed E-state index contributed by atoms with van der Waals surface area (Å²) in [5.41, 5.74) is 1.14. The van der Waals surface area contributed by atoms with E-state index in [1.54, 1.807) is 0 Å². The fourth-order valence-corrected chi connectivity index (χ4v) is 3.23. The number of nitrogen functional groups attached to an aromatic ring is 1. The van der Waals surface area contributed by atoms with Gasteiger partial charge in [-0.2, -0.15) is 18.2 Å². The second-order valence-corrected chi connectivity index (χ2v) is 5.43. The van der Waals surface area contributed by atoms with E-state index in [4.69, 9.17) is 5.84 Å². The molecule has 1 saturated carbocycles. The Morgan fingerprint density at radius 3 is 2.40 bits per heavy atom. The van der Waals surface area contributed by atoms with Crippen molar-refractivity contribution >= 4 is 11.8 Å². The Labute approximate surface area is 114 Å². The molecule has 8 heteroatoms. The predicted molar refractivity (Wildman–Crippen MR) is 67.9 cm³/mol. The molecule has 2 aliphatic rings. The van der Waals surface area contributed by atoms with Crippen LogP contribution in [0.5, 0.6) is 0 Å². The number of halogens is 3. The molecular weight excluding hydrogens is 271 g/mol. The van der Waals surface area contributed by atoms with Crippen LogP contribution >= 0.6 is 0 Å². The molecule has 20 heavy (non-hydrogen) atoms. The minimum atomic E-state index is -4.50. The van der Waals surface area contributed by atoms with Gasteiger partial charge in [-0.05, 0) is 24.7 Å². The largest absolute Gasteiger partial charge is 0.433 e. The minimum Gasteiger partial charge on any atom is -0.356 e. The van der Waals surface area contributed by atoms with E-state index in [2.05, 4.69) is 15.4 Å². The Hall–Kier alpha value is -1.57. The van der Waals surface area contributed by atoms with E-state index >= 15 is 0 Å². The number of nitrogens with zero attached hydrogens (tertiary/aromatic N) is 3. The van der Waals surface area contributed by atoms with Crippen LogP contribution in [0.3, 0.4) is 0 Å². The number of fused-ring (bicyclic) bond motifs is 1. The summed E-state index contributed by atoms with van der Waals surface area (Å²) >= 11 is 0. The Balaban J connectivity index is 1.89. The monoisotopic (exact) mass is 287 g/mol. The van der Waals surface area contributed by atoms with Gasteiger partial charge in [0, 0.05) is 19.2 Å². The maximum atomic E-state index is 12.8. The van der Waals surface area contributed by atoms with Crippen molar-refractivity contribution in [1.29, 1.82) is 0 Å². The van der Waals surface area contributed by atoms with Crippen LogP contribution in [0.1, 0.15) is 25.0 Å². The van der Waals surface area contributed by atoms with Crippen LogP contribution < -0.4 is 16.2 Å². The van der Waals surface area contributed by atoms with E-state index in [9.17, 15) is 13.2 Å². The lowest BCUT2D eigenvalue weighted by molar-refractivity contribution is -0.141. The SMILES string of the molecule is NNc1nc(N2CC3CCCC3C2)cc(C(F)(F)F)n1. The molecule has 1 aliphatic carbocycles. The number of nitrogens with one attached hydrogen (secondary N) is 1. The number of nitrogens with two attached hydrogens (primary N) is 1. The highest BCUT2D eigenvalue weighted by Gasteiger charge is 2.38. The lowest BCUT2D eigenvalue weighted by Crippen LogP contribution is -2.24. The van der Waals surface area contributed by atoms with Gasteiger partial charge in [0.1, 0.15) is 5.82 Å². The number of alkyl halides is 3. The molecule has 2 fully saturated rings. The van der Waals surface area contributed by atoms with E-state index in [1.165, 1.54) is 6.42 Å². The number of rotatable bonds is 2. The number of hydrazine groups is 1. The van der Waals surface area contributed by atoms with Crippen LogP contribution in [0.4, 0.5) is 24.9 Å². The van der Waals surface area contributed by atoms with Crippen molar-refractivity contribution in [2.45, 2.75) is 25.4 Å². The van der Waals surface area contributed by atoms with Gasteiger partial charge in [0.15, 0.2) is 5.69 Å². The van der Waals surface area contributed by atoms with Crippen molar-refractivity contribution in [2.75, 3.05) is 23.4 Å². The maximum Gasteiger partial charge on any atom is 0.433 e. The molecule has 0 amide bonds. The Bertz CT molecular complexity index is 492. The Morgan fingerprint density at radius 2 is 1.85 bits per heavy atom. The average Bonchev–Trinajstić information content (AvgIpc) is 2.97. The molecule has 0 aromatic carbocycles. The van der Waals surface area contributed by atoms with E-state index in [1.807, 2.05) is 4.90 Å². The quantitative estimate of drug-likeness (QED) is 0.643. The summed E-state index contributed by atoms with van der Waals surface area (Å²) in [7, 11) is 0. The van der Waals surface area contributed by atoms with Gasteiger partial charge in [-0.3, -0.25) is 5.43 Å². The zero-order valence-electron chi connectivity index (χ0n) is 10.8. The molecule has 1 aromatic heterocycles. The zero-order chi connectivity index (χ0) is 14.3. The van der Waals surface area contributed by atoms with Crippen LogP contribution in [-0.4, -0.2) is 23.1 Å². The van der Waals surface area contributed by atoms with Gasteiger partial charge >= 0.3 is 6.18 Å². The molecule has 1 saturated heterocycles. The average molecular weight is 287 g/mol. The first-order chi connectivity index (χ1) is 9.47. The molecule has 3 N–H and O–H groups in total. The third-order valence-corrected chi connectivity index (χ3v) is 4.18. The first-order valence-corrected chi connectivity index (χ1v) is 6.65. The molecule has 2 unspecified atom stereocenters. The molecule has 1 aliphatic heterocycles. The molecule has 1 aromatic rings. The van der Waals surface area contributed by atoms with Crippen LogP contribution in [0, 0.1) is 11.8 Å². The van der Waals surface area contributed by atoms with Crippen LogP contribution in [0.25, 0.3) is 0 Å². The summed E-state index contributed by atoms with van der Waals surface area (Å²) in [6, 6.07) is 1.00. The standard InChI is InChI=1S/C12H16F3N5/c13-12(14,15)9-4-10(18-11(17-9)19-16)20-5-7-2-1-3-8(7)6-20/h4,7-8H,1-3,5-6,16H2,(H,17,18,19). The molecular formula is C12H16F3N5. The molecule has 110 valence electrons. The van der Waals surface area contributed by atoms with Gasteiger partial charge < -0.3 is 4.90 Å². The molecule has 2 heterocycles. The zero-order valence-corrected chi connectivity index (χ0v) is 10.8. The lowest BCUT2D eigenvalue weighted by Gasteiger charge is -2.20. The van der Waals surface area contributed by atoms with Crippen molar-refractivity contribution in [1.82, 2.24) is 9.97 Å². The van der Waals surface area contributed by atoms with Gasteiger partial charge in [-0.15, -0.1) is 0 Å². The number of aromatic nitrogens is 2. The number of anilines is 2. The highest BCUT2D eigenvalue weighted by atomic mass is 19.4. The second-order valence-electron chi connectivity index (χ2n) is 5.43. The van der Waals surface area contributed by atoms with Gasteiger partial charge in [0.05, 0.1) is 0 Å². The smallest absolute Gasteiger partial charge is 0.356 e. The van der Waals surface area contributed by atoms with Crippen molar-refractivity contribution in [3.8, 4) is 0 Å². The first kappa shape index (κ1) is 13.4. The molecule has 3 rings (SSSR count). The maximum absolute atomic E-state index is 12.8. The van der Waals surface area contributed by atoms with Gasteiger partial charge in [0.2, 0.25) is 5.95 Å². The molecule has 5 nitrogen and oxygen atoms in total. The molecule has 0 bridgehead atoms.